The highest BCUT2D eigenvalue weighted by atomic mass is 32.2. The maximum Gasteiger partial charge on any atom is 0.417 e. The van der Waals surface area contributed by atoms with Crippen molar-refractivity contribution in [3.63, 3.8) is 0 Å². The summed E-state index contributed by atoms with van der Waals surface area (Å²) in [5, 5.41) is 0. The normalized spacial score (nSPS) is 27.2. The Balaban J connectivity index is 2.11. The standard InChI is InChI=1S/C17H20F3NO4S/c1-25-16(22)14-10-11-6-2-4-8-13(11)21(14)26(23,24)15-9-5-3-7-12(15)17(18,19)20/h3,5,7,9,11,13-14H,2,4,6,8,10H2,1H3/t11-,13-,14-/m0/s1. The van der Waals surface area contributed by atoms with Crippen molar-refractivity contribution in [1.29, 1.82) is 0 Å². The minimum atomic E-state index is -4.81. The van der Waals surface area contributed by atoms with Crippen LogP contribution in [0, 0.1) is 5.92 Å². The number of fused-ring (bicyclic) bond motifs is 1. The Morgan fingerprint density at radius 1 is 1.19 bits per heavy atom. The number of carbonyl (C=O) groups excluding carboxylic acids is 1. The van der Waals surface area contributed by atoms with Gasteiger partial charge in [-0.05, 0) is 37.3 Å². The Bertz CT molecular complexity index is 793. The summed E-state index contributed by atoms with van der Waals surface area (Å²) in [6, 6.07) is 2.53. The Labute approximate surface area is 150 Å². The third kappa shape index (κ3) is 3.22. The first-order valence-electron chi connectivity index (χ1n) is 8.45. The van der Waals surface area contributed by atoms with E-state index >= 15 is 0 Å². The molecule has 1 heterocycles. The summed E-state index contributed by atoms with van der Waals surface area (Å²) in [6.45, 7) is 0. The van der Waals surface area contributed by atoms with Crippen LogP contribution in [-0.2, 0) is 25.7 Å². The molecule has 0 bridgehead atoms. The van der Waals surface area contributed by atoms with Crippen LogP contribution in [0.2, 0.25) is 0 Å². The van der Waals surface area contributed by atoms with Gasteiger partial charge in [0.2, 0.25) is 10.0 Å². The van der Waals surface area contributed by atoms with E-state index in [0.29, 0.717) is 6.42 Å². The molecule has 144 valence electrons. The predicted molar refractivity (Wildman–Crippen MR) is 86.6 cm³/mol. The number of methoxy groups -OCH3 is 1. The quantitative estimate of drug-likeness (QED) is 0.743. The highest BCUT2D eigenvalue weighted by molar-refractivity contribution is 7.89. The highest BCUT2D eigenvalue weighted by Crippen LogP contribution is 2.44. The van der Waals surface area contributed by atoms with Gasteiger partial charge in [0.1, 0.15) is 6.04 Å². The van der Waals surface area contributed by atoms with Crippen molar-refractivity contribution >= 4 is 16.0 Å². The van der Waals surface area contributed by atoms with E-state index in [4.69, 9.17) is 4.74 Å². The van der Waals surface area contributed by atoms with E-state index in [2.05, 4.69) is 0 Å². The lowest BCUT2D eigenvalue weighted by Gasteiger charge is -2.32. The number of nitrogens with zero attached hydrogens (tertiary/aromatic N) is 1. The number of alkyl halides is 3. The molecule has 26 heavy (non-hydrogen) atoms. The number of hydrogen-bond donors (Lipinski definition) is 0. The van der Waals surface area contributed by atoms with Crippen molar-refractivity contribution in [1.82, 2.24) is 4.31 Å². The highest BCUT2D eigenvalue weighted by Gasteiger charge is 2.52. The van der Waals surface area contributed by atoms with E-state index in [1.807, 2.05) is 0 Å². The summed E-state index contributed by atoms with van der Waals surface area (Å²) in [5.41, 5.74) is -1.22. The topological polar surface area (TPSA) is 63.7 Å². The molecule has 3 atom stereocenters. The lowest BCUT2D eigenvalue weighted by atomic mass is 9.85. The molecule has 1 saturated heterocycles. The van der Waals surface area contributed by atoms with E-state index < -0.39 is 44.7 Å². The van der Waals surface area contributed by atoms with Crippen LogP contribution in [-0.4, -0.2) is 37.9 Å². The van der Waals surface area contributed by atoms with Crippen LogP contribution in [0.1, 0.15) is 37.7 Å². The maximum atomic E-state index is 13.3. The van der Waals surface area contributed by atoms with Gasteiger partial charge < -0.3 is 4.74 Å². The number of carbonyl (C=O) groups is 1. The number of rotatable bonds is 3. The summed E-state index contributed by atoms with van der Waals surface area (Å²) in [7, 11) is -3.36. The average Bonchev–Trinajstić information content (AvgIpc) is 3.00. The molecule has 1 saturated carbocycles. The van der Waals surface area contributed by atoms with Gasteiger partial charge in [0.25, 0.3) is 0 Å². The van der Waals surface area contributed by atoms with Crippen molar-refractivity contribution in [2.24, 2.45) is 5.92 Å². The van der Waals surface area contributed by atoms with Gasteiger partial charge in [-0.3, -0.25) is 4.79 Å². The number of benzene rings is 1. The second-order valence-corrected chi connectivity index (χ2v) is 8.53. The molecule has 0 unspecified atom stereocenters. The fourth-order valence-corrected chi connectivity index (χ4v) is 6.22. The van der Waals surface area contributed by atoms with Crippen LogP contribution in [0.3, 0.4) is 0 Å². The van der Waals surface area contributed by atoms with Crippen molar-refractivity contribution in [2.45, 2.75) is 55.3 Å². The minimum absolute atomic E-state index is 0.0410. The minimum Gasteiger partial charge on any atom is -0.468 e. The molecule has 0 N–H and O–H groups in total. The Morgan fingerprint density at radius 2 is 1.85 bits per heavy atom. The molecule has 1 aromatic carbocycles. The van der Waals surface area contributed by atoms with E-state index in [-0.39, 0.29) is 12.3 Å². The molecule has 3 rings (SSSR count). The van der Waals surface area contributed by atoms with Gasteiger partial charge in [-0.25, -0.2) is 8.42 Å². The first-order valence-corrected chi connectivity index (χ1v) is 9.89. The van der Waals surface area contributed by atoms with Crippen molar-refractivity contribution in [3.8, 4) is 0 Å². The molecule has 1 aliphatic carbocycles. The van der Waals surface area contributed by atoms with E-state index in [1.54, 1.807) is 0 Å². The summed E-state index contributed by atoms with van der Waals surface area (Å²) >= 11 is 0. The third-order valence-corrected chi connectivity index (χ3v) is 7.24. The predicted octanol–water partition coefficient (Wildman–Crippen LogP) is 3.20. The van der Waals surface area contributed by atoms with Gasteiger partial charge in [-0.15, -0.1) is 0 Å². The second-order valence-electron chi connectivity index (χ2n) is 6.72. The largest absolute Gasteiger partial charge is 0.468 e. The van der Waals surface area contributed by atoms with Gasteiger partial charge >= 0.3 is 12.1 Å². The lowest BCUT2D eigenvalue weighted by Crippen LogP contribution is -2.46. The number of ether oxygens (including phenoxy) is 1. The fourth-order valence-electron chi connectivity index (χ4n) is 4.14. The summed E-state index contributed by atoms with van der Waals surface area (Å²) < 4.78 is 72.2. The molecule has 0 spiro atoms. The molecule has 5 nitrogen and oxygen atoms in total. The molecule has 0 radical (unpaired) electrons. The van der Waals surface area contributed by atoms with Gasteiger partial charge in [-0.2, -0.15) is 17.5 Å². The Morgan fingerprint density at radius 3 is 2.50 bits per heavy atom. The Kier molecular flexibility index (Phi) is 5.04. The lowest BCUT2D eigenvalue weighted by molar-refractivity contribution is -0.144. The first-order chi connectivity index (χ1) is 12.2. The monoisotopic (exact) mass is 391 g/mol. The van der Waals surface area contributed by atoms with Crippen LogP contribution in [0.5, 0.6) is 0 Å². The van der Waals surface area contributed by atoms with E-state index in [1.165, 1.54) is 6.07 Å². The van der Waals surface area contributed by atoms with Gasteiger partial charge in [-0.1, -0.05) is 25.0 Å². The second kappa shape index (κ2) is 6.84. The van der Waals surface area contributed by atoms with Crippen LogP contribution in [0.4, 0.5) is 13.2 Å². The van der Waals surface area contributed by atoms with Crippen LogP contribution in [0.15, 0.2) is 29.2 Å². The molecule has 9 heteroatoms. The molecular weight excluding hydrogens is 371 g/mol. The smallest absolute Gasteiger partial charge is 0.417 e. The molecule has 0 aromatic heterocycles. The first kappa shape index (κ1) is 19.2. The van der Waals surface area contributed by atoms with Crippen LogP contribution >= 0.6 is 0 Å². The van der Waals surface area contributed by atoms with Crippen LogP contribution in [0.25, 0.3) is 0 Å². The summed E-state index contributed by atoms with van der Waals surface area (Å²) in [4.78, 5) is 11.4. The number of esters is 1. The van der Waals surface area contributed by atoms with Crippen molar-refractivity contribution in [2.75, 3.05) is 7.11 Å². The number of halogens is 3. The SMILES string of the molecule is COC(=O)[C@@H]1C[C@@H]2CCCC[C@@H]2N1S(=O)(=O)c1ccccc1C(F)(F)F. The maximum absolute atomic E-state index is 13.3. The van der Waals surface area contributed by atoms with Crippen molar-refractivity contribution < 1.29 is 31.1 Å². The number of hydrogen-bond acceptors (Lipinski definition) is 4. The zero-order chi connectivity index (χ0) is 19.1. The molecular formula is C17H20F3NO4S. The molecule has 0 amide bonds. The van der Waals surface area contributed by atoms with E-state index in [9.17, 15) is 26.4 Å². The van der Waals surface area contributed by atoms with Gasteiger partial charge in [0.15, 0.2) is 0 Å². The summed E-state index contributed by atoms with van der Waals surface area (Å²) in [5.74, 6) is -0.770. The summed E-state index contributed by atoms with van der Waals surface area (Å²) in [6.07, 6.45) is -1.54. The zero-order valence-electron chi connectivity index (χ0n) is 14.2. The van der Waals surface area contributed by atoms with Gasteiger partial charge in [0, 0.05) is 6.04 Å². The van der Waals surface area contributed by atoms with Crippen LogP contribution < -0.4 is 0 Å². The molecule has 2 aliphatic rings. The molecule has 1 aromatic rings. The third-order valence-electron chi connectivity index (χ3n) is 5.25. The molecule has 1 aliphatic heterocycles. The van der Waals surface area contributed by atoms with Crippen molar-refractivity contribution in [3.05, 3.63) is 29.8 Å². The molecule has 2 fully saturated rings. The Hall–Kier alpha value is -1.61. The van der Waals surface area contributed by atoms with Gasteiger partial charge in [0.05, 0.1) is 17.6 Å². The zero-order valence-corrected chi connectivity index (χ0v) is 15.0. The average molecular weight is 391 g/mol. The van der Waals surface area contributed by atoms with E-state index in [0.717, 1.165) is 48.9 Å². The fraction of sp³-hybridized carbons (Fsp3) is 0.588. The number of sulfonamides is 1.